The molecule has 0 saturated heterocycles. The van der Waals surface area contributed by atoms with Gasteiger partial charge in [-0.3, -0.25) is 4.79 Å². The van der Waals surface area contributed by atoms with Crippen molar-refractivity contribution in [3.8, 4) is 11.5 Å². The van der Waals surface area contributed by atoms with E-state index in [0.717, 1.165) is 0 Å². The molecule has 2 aromatic carbocycles. The van der Waals surface area contributed by atoms with E-state index >= 15 is 0 Å². The minimum Gasteiger partial charge on any atom is -0.497 e. The monoisotopic (exact) mass is 478 g/mol. The van der Waals surface area contributed by atoms with Crippen molar-refractivity contribution in [2.45, 2.75) is 25.2 Å². The summed E-state index contributed by atoms with van der Waals surface area (Å²) in [7, 11) is -0.717. The van der Waals surface area contributed by atoms with Gasteiger partial charge in [-0.15, -0.1) is 0 Å². The molecule has 3 N–H and O–H groups in total. The predicted molar refractivity (Wildman–Crippen MR) is 126 cm³/mol. The van der Waals surface area contributed by atoms with Crippen LogP contribution < -0.4 is 25.4 Å². The molecule has 10 nitrogen and oxygen atoms in total. The van der Waals surface area contributed by atoms with E-state index in [9.17, 15) is 18.0 Å². The van der Waals surface area contributed by atoms with Crippen molar-refractivity contribution in [3.05, 3.63) is 42.5 Å². The zero-order valence-electron chi connectivity index (χ0n) is 19.2. The second kappa shape index (κ2) is 12.1. The Hall–Kier alpha value is -3.31. The number of carbonyl (C=O) groups is 2. The summed E-state index contributed by atoms with van der Waals surface area (Å²) in [4.78, 5) is 24.4. The number of hydrogen-bond donors (Lipinski definition) is 3. The van der Waals surface area contributed by atoms with Crippen molar-refractivity contribution in [2.24, 2.45) is 0 Å². The number of rotatable bonds is 11. The Morgan fingerprint density at radius 1 is 0.939 bits per heavy atom. The second-order valence-corrected chi connectivity index (χ2v) is 8.80. The summed E-state index contributed by atoms with van der Waals surface area (Å²) >= 11 is 0. The molecule has 0 radical (unpaired) electrons. The van der Waals surface area contributed by atoms with E-state index in [-0.39, 0.29) is 23.5 Å². The number of ether oxygens (including phenoxy) is 2. The standard InChI is InChI=1S/C22H30N4O6S/c1-5-26(6-2)33(29,30)18-11-12-20(32-4)19(15-18)25-21(27)13-14-23-22(28)24-16-7-9-17(31-3)10-8-16/h7-12,15H,5-6,13-14H2,1-4H3,(H,25,27)(H2,23,24,28). The lowest BCUT2D eigenvalue weighted by Crippen LogP contribution is -2.31. The maximum Gasteiger partial charge on any atom is 0.319 e. The molecule has 2 aromatic rings. The zero-order valence-corrected chi connectivity index (χ0v) is 20.0. The highest BCUT2D eigenvalue weighted by Crippen LogP contribution is 2.29. The number of hydrogen-bond acceptors (Lipinski definition) is 6. The number of nitrogens with zero attached hydrogens (tertiary/aromatic N) is 1. The van der Waals surface area contributed by atoms with E-state index in [1.54, 1.807) is 45.2 Å². The molecule has 0 fully saturated rings. The third-order valence-corrected chi connectivity index (χ3v) is 6.82. The summed E-state index contributed by atoms with van der Waals surface area (Å²) in [6, 6.07) is 10.6. The fourth-order valence-corrected chi connectivity index (χ4v) is 4.49. The molecular weight excluding hydrogens is 448 g/mol. The maximum atomic E-state index is 12.8. The minimum atomic E-state index is -3.69. The number of urea groups is 1. The highest BCUT2D eigenvalue weighted by molar-refractivity contribution is 7.89. The SMILES string of the molecule is CCN(CC)S(=O)(=O)c1ccc(OC)c(NC(=O)CCNC(=O)Nc2ccc(OC)cc2)c1. The predicted octanol–water partition coefficient (Wildman–Crippen LogP) is 2.88. The van der Waals surface area contributed by atoms with Gasteiger partial charge in [-0.2, -0.15) is 4.31 Å². The lowest BCUT2D eigenvalue weighted by molar-refractivity contribution is -0.116. The van der Waals surface area contributed by atoms with E-state index in [2.05, 4.69) is 16.0 Å². The first-order chi connectivity index (χ1) is 15.7. The molecule has 0 unspecified atom stereocenters. The van der Waals surface area contributed by atoms with Crippen LogP contribution in [0.5, 0.6) is 11.5 Å². The first-order valence-electron chi connectivity index (χ1n) is 10.4. The lowest BCUT2D eigenvalue weighted by Gasteiger charge is -2.19. The molecule has 0 aliphatic heterocycles. The molecule has 2 rings (SSSR count). The average Bonchev–Trinajstić information content (AvgIpc) is 2.80. The number of sulfonamides is 1. The van der Waals surface area contributed by atoms with E-state index in [1.807, 2.05) is 0 Å². The summed E-state index contributed by atoms with van der Waals surface area (Å²) < 4.78 is 37.2. The summed E-state index contributed by atoms with van der Waals surface area (Å²) in [6.45, 7) is 4.25. The number of anilines is 2. The Morgan fingerprint density at radius 3 is 2.18 bits per heavy atom. The van der Waals surface area contributed by atoms with Gasteiger partial charge in [-0.05, 0) is 42.5 Å². The van der Waals surface area contributed by atoms with Crippen LogP contribution in [0.1, 0.15) is 20.3 Å². The Labute approximate surface area is 194 Å². The second-order valence-electron chi connectivity index (χ2n) is 6.86. The Bertz CT molecular complexity index is 1050. The van der Waals surface area contributed by atoms with Crippen LogP contribution in [0.4, 0.5) is 16.2 Å². The lowest BCUT2D eigenvalue weighted by atomic mass is 10.2. The number of nitrogens with one attached hydrogen (secondary N) is 3. The molecule has 0 bridgehead atoms. The fourth-order valence-electron chi connectivity index (χ4n) is 3.01. The van der Waals surface area contributed by atoms with Crippen LogP contribution in [0.25, 0.3) is 0 Å². The van der Waals surface area contributed by atoms with Crippen molar-refractivity contribution in [1.29, 1.82) is 0 Å². The molecule has 11 heteroatoms. The van der Waals surface area contributed by atoms with E-state index < -0.39 is 22.0 Å². The van der Waals surface area contributed by atoms with Gasteiger partial charge in [0.05, 0.1) is 24.8 Å². The van der Waals surface area contributed by atoms with Gasteiger partial charge < -0.3 is 25.4 Å². The van der Waals surface area contributed by atoms with Gasteiger partial charge >= 0.3 is 6.03 Å². The topological polar surface area (TPSA) is 126 Å². The largest absolute Gasteiger partial charge is 0.497 e. The van der Waals surface area contributed by atoms with E-state index in [0.29, 0.717) is 30.3 Å². The van der Waals surface area contributed by atoms with Crippen molar-refractivity contribution >= 4 is 33.3 Å². The quantitative estimate of drug-likeness (QED) is 0.456. The molecule has 0 aliphatic rings. The molecular formula is C22H30N4O6S. The Balaban J connectivity index is 1.96. The minimum absolute atomic E-state index is 0.0216. The summed E-state index contributed by atoms with van der Waals surface area (Å²) in [6.07, 6.45) is -0.0216. The number of methoxy groups -OCH3 is 2. The highest BCUT2D eigenvalue weighted by Gasteiger charge is 2.23. The van der Waals surface area contributed by atoms with Crippen molar-refractivity contribution < 1.29 is 27.5 Å². The molecule has 3 amide bonds. The first-order valence-corrected chi connectivity index (χ1v) is 11.9. The highest BCUT2D eigenvalue weighted by atomic mass is 32.2. The van der Waals surface area contributed by atoms with Crippen LogP contribution in [0, 0.1) is 0 Å². The Morgan fingerprint density at radius 2 is 1.61 bits per heavy atom. The third kappa shape index (κ3) is 7.09. The molecule has 0 heterocycles. The van der Waals surface area contributed by atoms with Crippen molar-refractivity contribution in [2.75, 3.05) is 44.5 Å². The molecule has 0 aromatic heterocycles. The number of carbonyl (C=O) groups excluding carboxylic acids is 2. The van der Waals surface area contributed by atoms with Crippen LogP contribution in [0.15, 0.2) is 47.4 Å². The maximum absolute atomic E-state index is 12.8. The molecule has 0 atom stereocenters. The first kappa shape index (κ1) is 25.9. The van der Waals surface area contributed by atoms with Gasteiger partial charge in [0.15, 0.2) is 0 Å². The van der Waals surface area contributed by atoms with Gasteiger partial charge in [0.25, 0.3) is 0 Å². The summed E-state index contributed by atoms with van der Waals surface area (Å²) in [5.74, 6) is 0.588. The van der Waals surface area contributed by atoms with Gasteiger partial charge in [0.2, 0.25) is 15.9 Å². The third-order valence-electron chi connectivity index (χ3n) is 4.77. The van der Waals surface area contributed by atoms with Crippen LogP contribution in [0.2, 0.25) is 0 Å². The summed E-state index contributed by atoms with van der Waals surface area (Å²) in [5.41, 5.74) is 0.812. The van der Waals surface area contributed by atoms with Gasteiger partial charge in [-0.1, -0.05) is 13.8 Å². The number of amides is 3. The average molecular weight is 479 g/mol. The normalized spacial score (nSPS) is 11.1. The van der Waals surface area contributed by atoms with Crippen LogP contribution in [-0.2, 0) is 14.8 Å². The molecule has 180 valence electrons. The Kier molecular flexibility index (Phi) is 9.49. The van der Waals surface area contributed by atoms with Crippen LogP contribution in [0.3, 0.4) is 0 Å². The number of benzene rings is 2. The van der Waals surface area contributed by atoms with Crippen molar-refractivity contribution in [1.82, 2.24) is 9.62 Å². The summed E-state index contributed by atoms with van der Waals surface area (Å²) in [5, 5.41) is 7.90. The van der Waals surface area contributed by atoms with Gasteiger partial charge in [0, 0.05) is 31.7 Å². The van der Waals surface area contributed by atoms with Crippen molar-refractivity contribution in [3.63, 3.8) is 0 Å². The molecule has 0 aliphatic carbocycles. The van der Waals surface area contributed by atoms with Gasteiger partial charge in [0.1, 0.15) is 11.5 Å². The van der Waals surface area contributed by atoms with Crippen LogP contribution >= 0.6 is 0 Å². The van der Waals surface area contributed by atoms with E-state index in [1.165, 1.54) is 29.6 Å². The fraction of sp³-hybridized carbons (Fsp3) is 0.364. The molecule has 33 heavy (non-hydrogen) atoms. The van der Waals surface area contributed by atoms with Crippen LogP contribution in [-0.4, -0.2) is 58.5 Å². The smallest absolute Gasteiger partial charge is 0.319 e. The zero-order chi connectivity index (χ0) is 24.4. The van der Waals surface area contributed by atoms with Gasteiger partial charge in [-0.25, -0.2) is 13.2 Å². The molecule has 0 saturated carbocycles. The van der Waals surface area contributed by atoms with E-state index in [4.69, 9.17) is 9.47 Å². The molecule has 0 spiro atoms.